The Balaban J connectivity index is 1.41. The molecule has 1 aliphatic carbocycles. The monoisotopic (exact) mass is 322 g/mol. The van der Waals surface area contributed by atoms with Crippen molar-refractivity contribution < 1.29 is 9.53 Å². The molecular weight excluding hydrogens is 300 g/mol. The van der Waals surface area contributed by atoms with Gasteiger partial charge in [-0.2, -0.15) is 0 Å². The molecule has 4 atom stereocenters. The molecule has 2 fully saturated rings. The lowest BCUT2D eigenvalue weighted by Crippen LogP contribution is -2.62. The number of aromatic nitrogens is 1. The van der Waals surface area contributed by atoms with Crippen LogP contribution in [0.1, 0.15) is 17.5 Å². The summed E-state index contributed by atoms with van der Waals surface area (Å²) in [6.07, 6.45) is 6.18. The van der Waals surface area contributed by atoms with E-state index in [4.69, 9.17) is 4.74 Å². The van der Waals surface area contributed by atoms with Crippen molar-refractivity contribution in [3.8, 4) is 0 Å². The molecule has 2 heterocycles. The summed E-state index contributed by atoms with van der Waals surface area (Å²) in [5, 5.41) is 3.26. The summed E-state index contributed by atoms with van der Waals surface area (Å²) in [5.41, 5.74) is 2.26. The van der Waals surface area contributed by atoms with E-state index < -0.39 is 0 Å². The number of benzene rings is 1. The summed E-state index contributed by atoms with van der Waals surface area (Å²) >= 11 is 0. The molecule has 4 heteroatoms. The zero-order chi connectivity index (χ0) is 16.4. The van der Waals surface area contributed by atoms with Gasteiger partial charge in [-0.3, -0.25) is 9.78 Å². The van der Waals surface area contributed by atoms with Gasteiger partial charge in [-0.1, -0.05) is 36.4 Å². The first-order chi connectivity index (χ1) is 11.8. The average molecular weight is 322 g/mol. The molecule has 1 N–H and O–H groups in total. The van der Waals surface area contributed by atoms with Crippen LogP contribution >= 0.6 is 0 Å². The van der Waals surface area contributed by atoms with Crippen molar-refractivity contribution in [1.82, 2.24) is 10.3 Å². The van der Waals surface area contributed by atoms with E-state index in [0.717, 1.165) is 25.0 Å². The second-order valence-electron chi connectivity index (χ2n) is 6.77. The molecule has 1 aliphatic heterocycles. The highest BCUT2D eigenvalue weighted by Gasteiger charge is 2.53. The van der Waals surface area contributed by atoms with Crippen LogP contribution in [0.5, 0.6) is 0 Å². The minimum absolute atomic E-state index is 0.0800. The Morgan fingerprint density at radius 3 is 2.79 bits per heavy atom. The largest absolute Gasteiger partial charge is 0.377 e. The van der Waals surface area contributed by atoms with E-state index >= 15 is 0 Å². The van der Waals surface area contributed by atoms with Gasteiger partial charge >= 0.3 is 0 Å². The number of carbonyl (C=O) groups excluding carboxylic acids is 1. The van der Waals surface area contributed by atoms with E-state index in [-0.39, 0.29) is 11.9 Å². The van der Waals surface area contributed by atoms with Crippen molar-refractivity contribution in [2.45, 2.75) is 31.4 Å². The molecule has 1 saturated carbocycles. The number of fused-ring (bicyclic) bond motifs is 1. The predicted octanol–water partition coefficient (Wildman–Crippen LogP) is 2.39. The van der Waals surface area contributed by atoms with E-state index in [0.29, 0.717) is 24.4 Å². The normalized spacial score (nSPS) is 28.0. The number of nitrogens with one attached hydrogen (secondary N) is 1. The van der Waals surface area contributed by atoms with Gasteiger partial charge in [-0.05, 0) is 30.0 Å². The topological polar surface area (TPSA) is 51.2 Å². The fourth-order valence-electron chi connectivity index (χ4n) is 4.10. The van der Waals surface area contributed by atoms with Crippen molar-refractivity contribution in [3.63, 3.8) is 0 Å². The van der Waals surface area contributed by atoms with Crippen LogP contribution in [0, 0.1) is 11.8 Å². The lowest BCUT2D eigenvalue weighted by atomic mass is 9.64. The number of carbonyl (C=O) groups is 1. The molecular formula is C20H22N2O2. The van der Waals surface area contributed by atoms with Gasteiger partial charge in [-0.15, -0.1) is 0 Å². The van der Waals surface area contributed by atoms with Crippen molar-refractivity contribution in [3.05, 3.63) is 66.0 Å². The Morgan fingerprint density at radius 1 is 1.17 bits per heavy atom. The average Bonchev–Trinajstić information content (AvgIpc) is 3.04. The lowest BCUT2D eigenvalue weighted by Gasteiger charge is -2.48. The van der Waals surface area contributed by atoms with Gasteiger partial charge in [0.2, 0.25) is 5.91 Å². The molecule has 1 amide bonds. The highest BCUT2D eigenvalue weighted by atomic mass is 16.5. The zero-order valence-corrected chi connectivity index (χ0v) is 13.6. The third-order valence-corrected chi connectivity index (χ3v) is 5.26. The lowest BCUT2D eigenvalue weighted by molar-refractivity contribution is -0.126. The Morgan fingerprint density at radius 2 is 2.00 bits per heavy atom. The first-order valence-corrected chi connectivity index (χ1v) is 8.65. The minimum atomic E-state index is 0.0800. The number of amides is 1. The Labute approximate surface area is 142 Å². The fraction of sp³-hybridized carbons (Fsp3) is 0.400. The van der Waals surface area contributed by atoms with Gasteiger partial charge in [0, 0.05) is 36.9 Å². The fourth-order valence-corrected chi connectivity index (χ4v) is 4.10. The molecule has 1 aromatic heterocycles. The van der Waals surface area contributed by atoms with E-state index in [1.807, 2.05) is 18.2 Å². The first-order valence-electron chi connectivity index (χ1n) is 8.65. The van der Waals surface area contributed by atoms with Gasteiger partial charge in [-0.25, -0.2) is 0 Å². The smallest absolute Gasteiger partial charge is 0.224 e. The molecule has 1 saturated heterocycles. The van der Waals surface area contributed by atoms with Crippen LogP contribution < -0.4 is 5.32 Å². The standard InChI is InChI=1S/C20H22N2O2/c23-18(12-15-7-4-9-21-13-15)22-19-16-8-10-24-20(16)17(19)11-14-5-2-1-3-6-14/h1-7,9,13,16-17,19-20H,8,10-12H2,(H,22,23)/t16-,17+,19-,20-/m0/s1. The number of nitrogens with zero attached hydrogens (tertiary/aromatic N) is 1. The third-order valence-electron chi connectivity index (χ3n) is 5.26. The van der Waals surface area contributed by atoms with Crippen LogP contribution in [-0.4, -0.2) is 29.6 Å². The Bertz CT molecular complexity index is 689. The highest BCUT2D eigenvalue weighted by Crippen LogP contribution is 2.45. The van der Waals surface area contributed by atoms with Gasteiger partial charge in [0.05, 0.1) is 12.5 Å². The Hall–Kier alpha value is -2.20. The number of hydrogen-bond acceptors (Lipinski definition) is 3. The van der Waals surface area contributed by atoms with E-state index in [2.05, 4.69) is 34.6 Å². The molecule has 0 radical (unpaired) electrons. The summed E-state index contributed by atoms with van der Waals surface area (Å²) in [5.74, 6) is 0.922. The first kappa shape index (κ1) is 15.3. The molecule has 0 bridgehead atoms. The second kappa shape index (κ2) is 6.73. The summed E-state index contributed by atoms with van der Waals surface area (Å²) in [4.78, 5) is 16.5. The summed E-state index contributed by atoms with van der Waals surface area (Å²) in [6, 6.07) is 14.5. The number of pyridine rings is 1. The second-order valence-corrected chi connectivity index (χ2v) is 6.77. The van der Waals surface area contributed by atoms with Crippen LogP contribution in [0.2, 0.25) is 0 Å². The molecule has 124 valence electrons. The quantitative estimate of drug-likeness (QED) is 0.919. The molecule has 4 nitrogen and oxygen atoms in total. The maximum Gasteiger partial charge on any atom is 0.224 e. The molecule has 2 aliphatic rings. The SMILES string of the molecule is O=C(Cc1cccnc1)N[C@@H]1[C@@H](Cc2ccccc2)[C@H]2OCC[C@@H]12. The minimum Gasteiger partial charge on any atom is -0.377 e. The van der Waals surface area contributed by atoms with Crippen molar-refractivity contribution in [1.29, 1.82) is 0 Å². The molecule has 0 spiro atoms. The Kier molecular flexibility index (Phi) is 4.30. The van der Waals surface area contributed by atoms with Crippen molar-refractivity contribution in [2.24, 2.45) is 11.8 Å². The molecule has 0 unspecified atom stereocenters. The molecule has 1 aromatic carbocycles. The van der Waals surface area contributed by atoms with Crippen LogP contribution in [0.15, 0.2) is 54.9 Å². The van der Waals surface area contributed by atoms with Gasteiger partial charge in [0.1, 0.15) is 0 Å². The summed E-state index contributed by atoms with van der Waals surface area (Å²) in [7, 11) is 0. The number of hydrogen-bond donors (Lipinski definition) is 1. The number of ether oxygens (including phenoxy) is 1. The van der Waals surface area contributed by atoms with E-state index in [1.54, 1.807) is 12.4 Å². The van der Waals surface area contributed by atoms with Crippen LogP contribution in [0.25, 0.3) is 0 Å². The van der Waals surface area contributed by atoms with Crippen LogP contribution in [-0.2, 0) is 22.4 Å². The maximum atomic E-state index is 12.4. The van der Waals surface area contributed by atoms with Gasteiger partial charge in [0.15, 0.2) is 0 Å². The zero-order valence-electron chi connectivity index (χ0n) is 13.6. The molecule has 4 rings (SSSR count). The molecule has 24 heavy (non-hydrogen) atoms. The van der Waals surface area contributed by atoms with Crippen LogP contribution in [0.4, 0.5) is 0 Å². The summed E-state index contributed by atoms with van der Waals surface area (Å²) < 4.78 is 5.91. The third kappa shape index (κ3) is 3.06. The summed E-state index contributed by atoms with van der Waals surface area (Å²) in [6.45, 7) is 0.815. The van der Waals surface area contributed by atoms with Gasteiger partial charge < -0.3 is 10.1 Å². The number of rotatable bonds is 5. The van der Waals surface area contributed by atoms with Crippen molar-refractivity contribution >= 4 is 5.91 Å². The maximum absolute atomic E-state index is 12.4. The molecule has 2 aromatic rings. The van der Waals surface area contributed by atoms with Crippen molar-refractivity contribution in [2.75, 3.05) is 6.61 Å². The van der Waals surface area contributed by atoms with Crippen LogP contribution in [0.3, 0.4) is 0 Å². The predicted molar refractivity (Wildman–Crippen MR) is 91.4 cm³/mol. The van der Waals surface area contributed by atoms with Gasteiger partial charge in [0.25, 0.3) is 0 Å². The van der Waals surface area contributed by atoms with E-state index in [9.17, 15) is 4.79 Å². The van der Waals surface area contributed by atoms with E-state index in [1.165, 1.54) is 5.56 Å². The highest BCUT2D eigenvalue weighted by molar-refractivity contribution is 5.79.